The third-order valence-electron chi connectivity index (χ3n) is 3.70. The van der Waals surface area contributed by atoms with Gasteiger partial charge in [-0.1, -0.05) is 31.5 Å². The van der Waals surface area contributed by atoms with Gasteiger partial charge in [0.25, 0.3) is 0 Å². The van der Waals surface area contributed by atoms with Crippen molar-refractivity contribution < 1.29 is 4.74 Å². The topological polar surface area (TPSA) is 60.3 Å². The van der Waals surface area contributed by atoms with Gasteiger partial charge in [0.2, 0.25) is 5.88 Å². The van der Waals surface area contributed by atoms with Gasteiger partial charge in [-0.15, -0.1) is 0 Å². The average Bonchev–Trinajstić information content (AvgIpc) is 2.63. The Hall–Kier alpha value is -3.08. The number of aryl methyl sites for hydroxylation is 2. The minimum atomic E-state index is 0.321. The van der Waals surface area contributed by atoms with Gasteiger partial charge in [-0.05, 0) is 44.0 Å². The Kier molecular flexibility index (Phi) is 5.37. The molecule has 5 heteroatoms. The lowest BCUT2D eigenvalue weighted by Crippen LogP contribution is -1.98. The van der Waals surface area contributed by atoms with Crippen LogP contribution in [-0.2, 0) is 0 Å². The predicted molar refractivity (Wildman–Crippen MR) is 104 cm³/mol. The summed E-state index contributed by atoms with van der Waals surface area (Å²) in [7, 11) is 0. The average molecular weight is 346 g/mol. The number of benzene rings is 1. The molecule has 0 aliphatic rings. The Bertz CT molecular complexity index is 903. The first kappa shape index (κ1) is 17.7. The molecule has 2 aromatic heterocycles. The molecule has 0 saturated carbocycles. The van der Waals surface area contributed by atoms with Crippen molar-refractivity contribution >= 4 is 11.9 Å². The fourth-order valence-corrected chi connectivity index (χ4v) is 2.33. The third kappa shape index (κ3) is 4.30. The molecule has 5 nitrogen and oxygen atoms in total. The maximum Gasteiger partial charge on any atom is 0.249 e. The Morgan fingerprint density at radius 3 is 2.31 bits per heavy atom. The summed E-state index contributed by atoms with van der Waals surface area (Å²) in [5, 5.41) is 0. The molecule has 0 aliphatic carbocycles. The number of ether oxygens (including phenoxy) is 1. The molecular formula is C21H22N4O. The molecule has 3 rings (SSSR count). The van der Waals surface area contributed by atoms with Crippen LogP contribution in [0.3, 0.4) is 0 Å². The van der Waals surface area contributed by atoms with Gasteiger partial charge in [-0.2, -0.15) is 4.98 Å². The third-order valence-corrected chi connectivity index (χ3v) is 3.70. The molecule has 0 fully saturated rings. The van der Waals surface area contributed by atoms with Gasteiger partial charge >= 0.3 is 0 Å². The van der Waals surface area contributed by atoms with E-state index < -0.39 is 0 Å². The first-order valence-electron chi connectivity index (χ1n) is 8.60. The summed E-state index contributed by atoms with van der Waals surface area (Å²) in [5.41, 5.74) is 3.48. The van der Waals surface area contributed by atoms with Crippen LogP contribution in [0.5, 0.6) is 11.6 Å². The summed E-state index contributed by atoms with van der Waals surface area (Å²) < 4.78 is 6.06. The molecule has 2 heterocycles. The Morgan fingerprint density at radius 1 is 0.962 bits per heavy atom. The highest BCUT2D eigenvalue weighted by atomic mass is 16.5. The maximum atomic E-state index is 6.06. The van der Waals surface area contributed by atoms with Crippen LogP contribution in [0.2, 0.25) is 0 Å². The smallest absolute Gasteiger partial charge is 0.249 e. The number of rotatable bonds is 5. The highest BCUT2D eigenvalue weighted by Gasteiger charge is 2.14. The quantitative estimate of drug-likeness (QED) is 0.588. The SMILES string of the molecule is Cc1ccc(Oc2nc(-c3ccncc3)nc(C)c2/N=C\C(C)C)cc1. The van der Waals surface area contributed by atoms with Gasteiger partial charge in [-0.3, -0.25) is 9.98 Å². The molecular weight excluding hydrogens is 324 g/mol. The van der Waals surface area contributed by atoms with Crippen molar-refractivity contribution in [3.05, 3.63) is 60.0 Å². The van der Waals surface area contributed by atoms with Crippen LogP contribution in [0.15, 0.2) is 53.8 Å². The van der Waals surface area contributed by atoms with E-state index in [4.69, 9.17) is 4.74 Å². The van der Waals surface area contributed by atoms with E-state index in [1.807, 2.05) is 56.5 Å². The zero-order valence-corrected chi connectivity index (χ0v) is 15.5. The summed E-state index contributed by atoms with van der Waals surface area (Å²) in [4.78, 5) is 17.8. The van der Waals surface area contributed by atoms with Crippen molar-refractivity contribution in [3.8, 4) is 23.0 Å². The van der Waals surface area contributed by atoms with Gasteiger partial charge in [0.1, 0.15) is 11.4 Å². The summed E-state index contributed by atoms with van der Waals surface area (Å²) in [6.45, 7) is 8.11. The number of aromatic nitrogens is 3. The van der Waals surface area contributed by atoms with Crippen molar-refractivity contribution in [2.75, 3.05) is 0 Å². The van der Waals surface area contributed by atoms with Gasteiger partial charge in [-0.25, -0.2) is 4.98 Å². The number of aliphatic imine (C=N–C) groups is 1. The number of hydrogen-bond acceptors (Lipinski definition) is 5. The second-order valence-electron chi connectivity index (χ2n) is 6.46. The molecule has 0 saturated heterocycles. The first-order valence-corrected chi connectivity index (χ1v) is 8.60. The maximum absolute atomic E-state index is 6.06. The lowest BCUT2D eigenvalue weighted by molar-refractivity contribution is 0.463. The molecule has 1 aromatic carbocycles. The van der Waals surface area contributed by atoms with Gasteiger partial charge < -0.3 is 4.74 Å². The van der Waals surface area contributed by atoms with Crippen LogP contribution in [0.4, 0.5) is 5.69 Å². The Labute approximate surface area is 153 Å². The lowest BCUT2D eigenvalue weighted by Gasteiger charge is -2.12. The molecule has 0 amide bonds. The number of pyridine rings is 1. The molecule has 0 radical (unpaired) electrons. The van der Waals surface area contributed by atoms with E-state index in [2.05, 4.69) is 33.8 Å². The van der Waals surface area contributed by atoms with Gasteiger partial charge in [0.15, 0.2) is 5.82 Å². The predicted octanol–water partition coefficient (Wildman–Crippen LogP) is 5.31. The second kappa shape index (κ2) is 7.87. The molecule has 0 atom stereocenters. The number of nitrogens with zero attached hydrogens (tertiary/aromatic N) is 4. The zero-order valence-electron chi connectivity index (χ0n) is 15.5. The van der Waals surface area contributed by atoms with Crippen LogP contribution < -0.4 is 4.74 Å². The minimum Gasteiger partial charge on any atom is -0.437 e. The van der Waals surface area contributed by atoms with Crippen molar-refractivity contribution in [2.24, 2.45) is 10.9 Å². The van der Waals surface area contributed by atoms with E-state index >= 15 is 0 Å². The van der Waals surface area contributed by atoms with Crippen LogP contribution in [0, 0.1) is 19.8 Å². The molecule has 0 N–H and O–H groups in total. The van der Waals surface area contributed by atoms with E-state index in [1.54, 1.807) is 12.4 Å². The van der Waals surface area contributed by atoms with E-state index in [0.717, 1.165) is 17.0 Å². The molecule has 132 valence electrons. The van der Waals surface area contributed by atoms with Crippen molar-refractivity contribution in [2.45, 2.75) is 27.7 Å². The molecule has 0 aliphatic heterocycles. The fourth-order valence-electron chi connectivity index (χ4n) is 2.33. The monoisotopic (exact) mass is 346 g/mol. The highest BCUT2D eigenvalue weighted by molar-refractivity contribution is 5.69. The zero-order chi connectivity index (χ0) is 18.5. The van der Waals surface area contributed by atoms with Gasteiger partial charge in [0.05, 0.1) is 5.69 Å². The lowest BCUT2D eigenvalue weighted by atomic mass is 10.2. The van der Waals surface area contributed by atoms with Crippen molar-refractivity contribution in [1.29, 1.82) is 0 Å². The fraction of sp³-hybridized carbons (Fsp3) is 0.238. The van der Waals surface area contributed by atoms with Crippen LogP contribution >= 0.6 is 0 Å². The standard InChI is InChI=1S/C21H22N4O/c1-14(2)13-23-19-16(4)24-20(17-9-11-22-12-10-17)25-21(19)26-18-7-5-15(3)6-8-18/h5-14H,1-4H3/b23-13-. The second-order valence-corrected chi connectivity index (χ2v) is 6.46. The largest absolute Gasteiger partial charge is 0.437 e. The van der Waals surface area contributed by atoms with Crippen LogP contribution in [-0.4, -0.2) is 21.2 Å². The van der Waals surface area contributed by atoms with E-state index in [0.29, 0.717) is 23.3 Å². The van der Waals surface area contributed by atoms with E-state index in [1.165, 1.54) is 5.56 Å². The molecule has 26 heavy (non-hydrogen) atoms. The van der Waals surface area contributed by atoms with E-state index in [9.17, 15) is 0 Å². The van der Waals surface area contributed by atoms with Gasteiger partial charge in [0, 0.05) is 24.2 Å². The summed E-state index contributed by atoms with van der Waals surface area (Å²) >= 11 is 0. The molecule has 0 spiro atoms. The van der Waals surface area contributed by atoms with E-state index in [-0.39, 0.29) is 0 Å². The first-order chi connectivity index (χ1) is 12.5. The number of hydrogen-bond donors (Lipinski definition) is 0. The summed E-state index contributed by atoms with van der Waals surface area (Å²) in [6.07, 6.45) is 5.32. The molecule has 0 bridgehead atoms. The minimum absolute atomic E-state index is 0.321. The van der Waals surface area contributed by atoms with Crippen LogP contribution in [0.1, 0.15) is 25.1 Å². The normalized spacial score (nSPS) is 11.3. The molecule has 0 unspecified atom stereocenters. The Balaban J connectivity index is 2.07. The summed E-state index contributed by atoms with van der Waals surface area (Å²) in [6, 6.07) is 11.6. The van der Waals surface area contributed by atoms with Crippen molar-refractivity contribution in [1.82, 2.24) is 15.0 Å². The highest BCUT2D eigenvalue weighted by Crippen LogP contribution is 2.34. The van der Waals surface area contributed by atoms with Crippen molar-refractivity contribution in [3.63, 3.8) is 0 Å². The van der Waals surface area contributed by atoms with Crippen LogP contribution in [0.25, 0.3) is 11.4 Å². The summed E-state index contributed by atoms with van der Waals surface area (Å²) in [5.74, 6) is 2.08. The Morgan fingerprint density at radius 2 is 1.65 bits per heavy atom. The molecule has 3 aromatic rings.